The van der Waals surface area contributed by atoms with Crippen LogP contribution in [0.5, 0.6) is 0 Å². The zero-order valence-corrected chi connectivity index (χ0v) is 15.9. The SMILES string of the molecule is CN1CCC(N(C)c2ccccc2CN[C@H]2CCC(=O)N(C)C2)CC1. The zero-order valence-electron chi connectivity index (χ0n) is 15.9. The van der Waals surface area contributed by atoms with Crippen molar-refractivity contribution in [2.75, 3.05) is 45.7 Å². The van der Waals surface area contributed by atoms with Crippen molar-refractivity contribution in [3.63, 3.8) is 0 Å². The second-order valence-electron chi connectivity index (χ2n) is 7.66. The molecular formula is C20H32N4O. The van der Waals surface area contributed by atoms with Crippen LogP contribution in [0.15, 0.2) is 24.3 Å². The van der Waals surface area contributed by atoms with Crippen molar-refractivity contribution < 1.29 is 4.79 Å². The van der Waals surface area contributed by atoms with Gasteiger partial charge in [-0.2, -0.15) is 0 Å². The minimum absolute atomic E-state index is 0.264. The number of hydrogen-bond donors (Lipinski definition) is 1. The summed E-state index contributed by atoms with van der Waals surface area (Å²) in [5, 5.41) is 3.67. The molecule has 0 saturated carbocycles. The van der Waals surface area contributed by atoms with Gasteiger partial charge in [-0.05, 0) is 51.0 Å². The monoisotopic (exact) mass is 344 g/mol. The van der Waals surface area contributed by atoms with E-state index in [2.05, 4.69) is 53.5 Å². The van der Waals surface area contributed by atoms with Crippen LogP contribution in [0.25, 0.3) is 0 Å². The van der Waals surface area contributed by atoms with Crippen LogP contribution in [0.3, 0.4) is 0 Å². The number of carbonyl (C=O) groups is 1. The summed E-state index contributed by atoms with van der Waals surface area (Å²) < 4.78 is 0. The largest absolute Gasteiger partial charge is 0.371 e. The first-order valence-electron chi connectivity index (χ1n) is 9.51. The number of rotatable bonds is 5. The lowest BCUT2D eigenvalue weighted by Gasteiger charge is -2.37. The standard InChI is InChI=1S/C20H32N4O/c1-22-12-10-18(11-13-22)24(3)19-7-5-4-6-16(19)14-21-17-8-9-20(25)23(2)15-17/h4-7,17-18,21H,8-15H2,1-3H3/t17-/m0/s1. The maximum Gasteiger partial charge on any atom is 0.222 e. The van der Waals surface area contributed by atoms with Gasteiger partial charge in [-0.25, -0.2) is 0 Å². The molecule has 2 saturated heterocycles. The van der Waals surface area contributed by atoms with Crippen LogP contribution in [0.1, 0.15) is 31.2 Å². The minimum Gasteiger partial charge on any atom is -0.371 e. The zero-order chi connectivity index (χ0) is 17.8. The molecule has 1 aromatic rings. The summed E-state index contributed by atoms with van der Waals surface area (Å²) in [7, 11) is 6.35. The number of anilines is 1. The molecule has 1 atom stereocenters. The van der Waals surface area contributed by atoms with E-state index >= 15 is 0 Å². The Bertz CT molecular complexity index is 583. The van der Waals surface area contributed by atoms with Crippen LogP contribution in [0.2, 0.25) is 0 Å². The molecule has 138 valence electrons. The molecule has 1 N–H and O–H groups in total. The quantitative estimate of drug-likeness (QED) is 0.886. The van der Waals surface area contributed by atoms with E-state index in [1.54, 1.807) is 0 Å². The molecule has 5 heteroatoms. The summed E-state index contributed by atoms with van der Waals surface area (Å²) in [6.07, 6.45) is 4.05. The molecule has 2 aliphatic heterocycles. The van der Waals surface area contributed by atoms with Crippen molar-refractivity contribution in [2.24, 2.45) is 0 Å². The average molecular weight is 345 g/mol. The van der Waals surface area contributed by atoms with Crippen molar-refractivity contribution in [2.45, 2.75) is 44.3 Å². The highest BCUT2D eigenvalue weighted by Crippen LogP contribution is 2.25. The van der Waals surface area contributed by atoms with Crippen molar-refractivity contribution in [3.8, 4) is 0 Å². The first-order valence-corrected chi connectivity index (χ1v) is 9.51. The molecule has 0 aliphatic carbocycles. The molecule has 0 unspecified atom stereocenters. The van der Waals surface area contributed by atoms with Gasteiger partial charge in [0.1, 0.15) is 0 Å². The Morgan fingerprint density at radius 2 is 1.88 bits per heavy atom. The molecule has 2 fully saturated rings. The topological polar surface area (TPSA) is 38.8 Å². The van der Waals surface area contributed by atoms with Gasteiger partial charge in [-0.15, -0.1) is 0 Å². The van der Waals surface area contributed by atoms with Crippen LogP contribution >= 0.6 is 0 Å². The fraction of sp³-hybridized carbons (Fsp3) is 0.650. The lowest BCUT2D eigenvalue weighted by atomic mass is 10.0. The number of likely N-dealkylation sites (tertiary alicyclic amines) is 2. The predicted octanol–water partition coefficient (Wildman–Crippen LogP) is 1.93. The number of nitrogens with zero attached hydrogens (tertiary/aromatic N) is 3. The third kappa shape index (κ3) is 4.53. The lowest BCUT2D eigenvalue weighted by molar-refractivity contribution is -0.132. The number of likely N-dealkylation sites (N-methyl/N-ethyl adjacent to an activating group) is 1. The molecule has 1 aromatic carbocycles. The van der Waals surface area contributed by atoms with Gasteiger partial charge in [0.15, 0.2) is 0 Å². The second-order valence-corrected chi connectivity index (χ2v) is 7.66. The van der Waals surface area contributed by atoms with Crippen LogP contribution in [0.4, 0.5) is 5.69 Å². The van der Waals surface area contributed by atoms with Gasteiger partial charge in [0.2, 0.25) is 5.91 Å². The highest BCUT2D eigenvalue weighted by atomic mass is 16.2. The number of nitrogens with one attached hydrogen (secondary N) is 1. The molecule has 25 heavy (non-hydrogen) atoms. The van der Waals surface area contributed by atoms with Gasteiger partial charge < -0.3 is 20.0 Å². The van der Waals surface area contributed by atoms with Crippen LogP contribution < -0.4 is 10.2 Å². The number of benzene rings is 1. The molecule has 2 heterocycles. The fourth-order valence-electron chi connectivity index (χ4n) is 4.02. The first kappa shape index (κ1) is 18.2. The van der Waals surface area contributed by atoms with E-state index in [0.29, 0.717) is 18.5 Å². The molecule has 5 nitrogen and oxygen atoms in total. The highest BCUT2D eigenvalue weighted by molar-refractivity contribution is 5.76. The van der Waals surface area contributed by atoms with Gasteiger partial charge in [-0.3, -0.25) is 4.79 Å². The van der Waals surface area contributed by atoms with Gasteiger partial charge >= 0.3 is 0 Å². The summed E-state index contributed by atoms with van der Waals surface area (Å²) in [4.78, 5) is 18.4. The van der Waals surface area contributed by atoms with Gasteiger partial charge in [0.05, 0.1) is 0 Å². The molecule has 0 bridgehead atoms. The van der Waals surface area contributed by atoms with E-state index in [0.717, 1.165) is 19.5 Å². The normalized spacial score (nSPS) is 23.1. The number of para-hydroxylation sites is 1. The van der Waals surface area contributed by atoms with E-state index in [-0.39, 0.29) is 5.91 Å². The number of piperidine rings is 2. The Labute approximate surface area is 152 Å². The molecule has 0 aromatic heterocycles. The first-order chi connectivity index (χ1) is 12.0. The van der Waals surface area contributed by atoms with Crippen LogP contribution in [-0.4, -0.2) is 68.6 Å². The Morgan fingerprint density at radius 1 is 1.16 bits per heavy atom. The summed E-state index contributed by atoms with van der Waals surface area (Å²) in [5.74, 6) is 0.264. The third-order valence-corrected chi connectivity index (χ3v) is 5.82. The van der Waals surface area contributed by atoms with E-state index < -0.39 is 0 Å². The van der Waals surface area contributed by atoms with E-state index in [1.807, 2.05) is 11.9 Å². The van der Waals surface area contributed by atoms with Gasteiger partial charge in [-0.1, -0.05) is 18.2 Å². The summed E-state index contributed by atoms with van der Waals surface area (Å²) in [5.41, 5.74) is 2.69. The smallest absolute Gasteiger partial charge is 0.222 e. The van der Waals surface area contributed by atoms with E-state index in [1.165, 1.54) is 37.2 Å². The molecule has 3 rings (SSSR count). The highest BCUT2D eigenvalue weighted by Gasteiger charge is 2.24. The molecule has 1 amide bonds. The lowest BCUT2D eigenvalue weighted by Crippen LogP contribution is -2.46. The van der Waals surface area contributed by atoms with Gasteiger partial charge in [0.25, 0.3) is 0 Å². The van der Waals surface area contributed by atoms with Gasteiger partial charge in [0, 0.05) is 51.4 Å². The molecule has 0 spiro atoms. The molecular weight excluding hydrogens is 312 g/mol. The minimum atomic E-state index is 0.264. The Balaban J connectivity index is 1.61. The summed E-state index contributed by atoms with van der Waals surface area (Å²) >= 11 is 0. The van der Waals surface area contributed by atoms with Crippen molar-refractivity contribution >= 4 is 11.6 Å². The van der Waals surface area contributed by atoms with Crippen LogP contribution in [-0.2, 0) is 11.3 Å². The van der Waals surface area contributed by atoms with Crippen molar-refractivity contribution in [1.29, 1.82) is 0 Å². The number of amides is 1. The number of hydrogen-bond acceptors (Lipinski definition) is 4. The maximum atomic E-state index is 11.6. The van der Waals surface area contributed by atoms with Crippen molar-refractivity contribution in [3.05, 3.63) is 29.8 Å². The molecule has 0 radical (unpaired) electrons. The summed E-state index contributed by atoms with van der Waals surface area (Å²) in [6.45, 7) is 4.03. The van der Waals surface area contributed by atoms with Crippen LogP contribution in [0, 0.1) is 0 Å². The Kier molecular flexibility index (Phi) is 5.97. The Hall–Kier alpha value is -1.59. The fourth-order valence-corrected chi connectivity index (χ4v) is 4.02. The average Bonchev–Trinajstić information content (AvgIpc) is 2.63. The van der Waals surface area contributed by atoms with Crippen molar-refractivity contribution in [1.82, 2.24) is 15.1 Å². The van der Waals surface area contributed by atoms with E-state index in [4.69, 9.17) is 0 Å². The van der Waals surface area contributed by atoms with E-state index in [9.17, 15) is 4.79 Å². The maximum absolute atomic E-state index is 11.6. The third-order valence-electron chi connectivity index (χ3n) is 5.82. The molecule has 2 aliphatic rings. The summed E-state index contributed by atoms with van der Waals surface area (Å²) in [6, 6.07) is 9.74. The second kappa shape index (κ2) is 8.19. The predicted molar refractivity (Wildman–Crippen MR) is 103 cm³/mol. The Morgan fingerprint density at radius 3 is 2.60 bits per heavy atom. The number of carbonyl (C=O) groups excluding carboxylic acids is 1.